The van der Waals surface area contributed by atoms with Gasteiger partial charge in [0.2, 0.25) is 0 Å². The molecule has 2 N–H and O–H groups in total. The quantitative estimate of drug-likeness (QED) is 0.513. The lowest BCUT2D eigenvalue weighted by Gasteiger charge is -2.21. The van der Waals surface area contributed by atoms with Crippen LogP contribution >= 0.6 is 23.2 Å². The van der Waals surface area contributed by atoms with Gasteiger partial charge in [0.25, 0.3) is 5.56 Å². The lowest BCUT2D eigenvalue weighted by Crippen LogP contribution is -2.26. The molecule has 0 spiro atoms. The van der Waals surface area contributed by atoms with Gasteiger partial charge in [0.05, 0.1) is 16.5 Å². The normalized spacial score (nSPS) is 15.2. The highest BCUT2D eigenvalue weighted by Crippen LogP contribution is 2.38. The predicted molar refractivity (Wildman–Crippen MR) is 110 cm³/mol. The van der Waals surface area contributed by atoms with E-state index in [1.165, 1.54) is 6.33 Å². The minimum atomic E-state index is -0.194. The van der Waals surface area contributed by atoms with Crippen molar-refractivity contribution >= 4 is 50.8 Å². The molecule has 0 bridgehead atoms. The second-order valence-electron chi connectivity index (χ2n) is 7.00. The van der Waals surface area contributed by atoms with E-state index in [9.17, 15) is 4.79 Å². The van der Waals surface area contributed by atoms with Crippen LogP contribution in [0.5, 0.6) is 0 Å². The van der Waals surface area contributed by atoms with Crippen molar-refractivity contribution in [1.29, 1.82) is 0 Å². The van der Waals surface area contributed by atoms with Gasteiger partial charge in [-0.1, -0.05) is 35.3 Å². The Morgan fingerprint density at radius 2 is 2.07 bits per heavy atom. The molecule has 0 saturated heterocycles. The van der Waals surface area contributed by atoms with Crippen LogP contribution in [-0.4, -0.2) is 24.7 Å². The number of hydrogen-bond donors (Lipinski definition) is 2. The lowest BCUT2D eigenvalue weighted by atomic mass is 10.1. The van der Waals surface area contributed by atoms with E-state index in [0.717, 1.165) is 23.9 Å². The fourth-order valence-electron chi connectivity index (χ4n) is 3.61. The van der Waals surface area contributed by atoms with E-state index in [0.29, 0.717) is 32.4 Å². The van der Waals surface area contributed by atoms with Crippen LogP contribution in [0.3, 0.4) is 0 Å². The van der Waals surface area contributed by atoms with Crippen molar-refractivity contribution in [2.75, 3.05) is 5.32 Å². The Hall–Kier alpha value is -2.64. The standard InChI is InChI=1S/C19H16Cl2N6O/c1-9(24-17-15-16(21)25-26-18(15)23-8-22-17)13-7-10-3-2-4-12(20)14(10)19(28)27(13)11-5-6-11/h2-4,7-9,11H,5-6H2,1H3,(H2,22,23,24,25,26)/t9-/m0/s1. The molecule has 1 aromatic carbocycles. The summed E-state index contributed by atoms with van der Waals surface area (Å²) >= 11 is 12.5. The van der Waals surface area contributed by atoms with Crippen LogP contribution in [-0.2, 0) is 0 Å². The van der Waals surface area contributed by atoms with Crippen molar-refractivity contribution in [2.45, 2.75) is 31.8 Å². The molecule has 0 unspecified atom stereocenters. The maximum Gasteiger partial charge on any atom is 0.260 e. The molecule has 0 amide bonds. The maximum atomic E-state index is 13.2. The van der Waals surface area contributed by atoms with Gasteiger partial charge in [-0.3, -0.25) is 9.89 Å². The molecule has 0 radical (unpaired) electrons. The minimum absolute atomic E-state index is 0.0524. The fraction of sp³-hybridized carbons (Fsp3) is 0.263. The maximum absolute atomic E-state index is 13.2. The number of anilines is 1. The molecule has 5 rings (SSSR count). The summed E-state index contributed by atoms with van der Waals surface area (Å²) in [7, 11) is 0. The van der Waals surface area contributed by atoms with Crippen LogP contribution in [0.25, 0.3) is 21.8 Å². The monoisotopic (exact) mass is 414 g/mol. The summed E-state index contributed by atoms with van der Waals surface area (Å²) in [5.74, 6) is 0.567. The molecule has 142 valence electrons. The fourth-order valence-corrected chi connectivity index (χ4v) is 4.08. The van der Waals surface area contributed by atoms with Crippen LogP contribution in [0.4, 0.5) is 5.82 Å². The number of hydrogen-bond acceptors (Lipinski definition) is 5. The molecule has 1 aliphatic carbocycles. The zero-order chi connectivity index (χ0) is 19.4. The summed E-state index contributed by atoms with van der Waals surface area (Å²) in [5.41, 5.74) is 1.32. The summed E-state index contributed by atoms with van der Waals surface area (Å²) in [6, 6.07) is 7.55. The van der Waals surface area contributed by atoms with Crippen LogP contribution in [0, 0.1) is 0 Å². The number of nitrogens with one attached hydrogen (secondary N) is 2. The molecule has 1 atom stereocenters. The molecular formula is C19H16Cl2N6O. The van der Waals surface area contributed by atoms with Gasteiger partial charge in [0.15, 0.2) is 5.65 Å². The SMILES string of the molecule is C[C@H](Nc1ncnc2n[nH]c(Cl)c12)c1cc2cccc(Cl)c2c(=O)n1C1CC1. The first-order chi connectivity index (χ1) is 13.5. The highest BCUT2D eigenvalue weighted by atomic mass is 35.5. The van der Waals surface area contributed by atoms with Crippen molar-refractivity contribution in [3.05, 3.63) is 56.8 Å². The Balaban J connectivity index is 1.65. The van der Waals surface area contributed by atoms with Crippen molar-refractivity contribution in [3.8, 4) is 0 Å². The number of benzene rings is 1. The smallest absolute Gasteiger partial charge is 0.260 e. The number of aromatic nitrogens is 5. The van der Waals surface area contributed by atoms with Crippen molar-refractivity contribution in [2.24, 2.45) is 0 Å². The molecule has 3 aromatic heterocycles. The molecule has 1 aliphatic rings. The van der Waals surface area contributed by atoms with E-state index in [2.05, 4.69) is 25.5 Å². The van der Waals surface area contributed by atoms with Crippen molar-refractivity contribution in [3.63, 3.8) is 0 Å². The molecule has 28 heavy (non-hydrogen) atoms. The lowest BCUT2D eigenvalue weighted by molar-refractivity contribution is 0.636. The van der Waals surface area contributed by atoms with Crippen LogP contribution < -0.4 is 10.9 Å². The summed E-state index contributed by atoms with van der Waals surface area (Å²) in [6.45, 7) is 1.99. The first-order valence-electron chi connectivity index (χ1n) is 8.99. The average molecular weight is 415 g/mol. The summed E-state index contributed by atoms with van der Waals surface area (Å²) in [4.78, 5) is 21.7. The first kappa shape index (κ1) is 17.5. The number of aromatic amines is 1. The Kier molecular flexibility index (Phi) is 4.03. The van der Waals surface area contributed by atoms with E-state index in [-0.39, 0.29) is 17.6 Å². The summed E-state index contributed by atoms with van der Waals surface area (Å²) < 4.78 is 1.86. The minimum Gasteiger partial charge on any atom is -0.361 e. The molecular weight excluding hydrogens is 399 g/mol. The highest BCUT2D eigenvalue weighted by molar-refractivity contribution is 6.35. The van der Waals surface area contributed by atoms with E-state index in [4.69, 9.17) is 23.2 Å². The van der Waals surface area contributed by atoms with Gasteiger partial charge in [-0.2, -0.15) is 5.10 Å². The van der Waals surface area contributed by atoms with Gasteiger partial charge in [0.1, 0.15) is 22.7 Å². The Morgan fingerprint density at radius 3 is 2.86 bits per heavy atom. The molecule has 7 nitrogen and oxygen atoms in total. The van der Waals surface area contributed by atoms with Crippen LogP contribution in [0.1, 0.15) is 37.5 Å². The van der Waals surface area contributed by atoms with Gasteiger partial charge in [0, 0.05) is 11.7 Å². The first-order valence-corrected chi connectivity index (χ1v) is 9.75. The zero-order valence-electron chi connectivity index (χ0n) is 14.9. The number of halogens is 2. The number of nitrogens with zero attached hydrogens (tertiary/aromatic N) is 4. The summed E-state index contributed by atoms with van der Waals surface area (Å²) in [5, 5.41) is 13.0. The van der Waals surface area contributed by atoms with Crippen LogP contribution in [0.2, 0.25) is 10.2 Å². The van der Waals surface area contributed by atoms with E-state index >= 15 is 0 Å². The molecule has 4 aromatic rings. The number of fused-ring (bicyclic) bond motifs is 2. The Labute approximate surface area is 169 Å². The summed E-state index contributed by atoms with van der Waals surface area (Å²) in [6.07, 6.45) is 3.41. The van der Waals surface area contributed by atoms with Gasteiger partial charge >= 0.3 is 0 Å². The third-order valence-corrected chi connectivity index (χ3v) is 5.66. The predicted octanol–water partition coefficient (Wildman–Crippen LogP) is 4.48. The molecule has 3 heterocycles. The van der Waals surface area contributed by atoms with Crippen molar-refractivity contribution in [1.82, 2.24) is 24.7 Å². The topological polar surface area (TPSA) is 88.5 Å². The second kappa shape index (κ2) is 6.46. The number of rotatable bonds is 4. The average Bonchev–Trinajstić information content (AvgIpc) is 3.44. The van der Waals surface area contributed by atoms with Gasteiger partial charge in [-0.15, -0.1) is 0 Å². The Bertz CT molecular complexity index is 1280. The molecule has 0 aliphatic heterocycles. The van der Waals surface area contributed by atoms with Gasteiger partial charge in [-0.25, -0.2) is 9.97 Å². The van der Waals surface area contributed by atoms with E-state index < -0.39 is 0 Å². The highest BCUT2D eigenvalue weighted by Gasteiger charge is 2.29. The van der Waals surface area contributed by atoms with Crippen molar-refractivity contribution < 1.29 is 0 Å². The second-order valence-corrected chi connectivity index (χ2v) is 7.79. The van der Waals surface area contributed by atoms with E-state index in [1.807, 2.05) is 29.7 Å². The molecule has 1 saturated carbocycles. The van der Waals surface area contributed by atoms with Gasteiger partial charge in [-0.05, 0) is 37.3 Å². The largest absolute Gasteiger partial charge is 0.361 e. The zero-order valence-corrected chi connectivity index (χ0v) is 16.4. The Morgan fingerprint density at radius 1 is 1.25 bits per heavy atom. The van der Waals surface area contributed by atoms with E-state index in [1.54, 1.807) is 6.07 Å². The number of pyridine rings is 1. The molecule has 1 fully saturated rings. The van der Waals surface area contributed by atoms with Gasteiger partial charge < -0.3 is 9.88 Å². The van der Waals surface area contributed by atoms with Crippen LogP contribution in [0.15, 0.2) is 35.4 Å². The number of H-pyrrole nitrogens is 1. The molecule has 9 heteroatoms. The third-order valence-electron chi connectivity index (χ3n) is 5.08. The third kappa shape index (κ3) is 2.73.